The van der Waals surface area contributed by atoms with E-state index in [1.54, 1.807) is 6.92 Å². The summed E-state index contributed by atoms with van der Waals surface area (Å²) in [6.45, 7) is 11.7. The van der Waals surface area contributed by atoms with Crippen molar-refractivity contribution in [1.82, 2.24) is 4.98 Å². The van der Waals surface area contributed by atoms with Crippen LogP contribution in [0.1, 0.15) is 52.0 Å². The highest BCUT2D eigenvalue weighted by molar-refractivity contribution is 6.61. The Morgan fingerprint density at radius 3 is 2.16 bits per heavy atom. The summed E-state index contributed by atoms with van der Waals surface area (Å²) in [6.07, 6.45) is -0.596. The lowest BCUT2D eigenvalue weighted by molar-refractivity contribution is 0.00578. The van der Waals surface area contributed by atoms with Gasteiger partial charge in [-0.2, -0.15) is 0 Å². The zero-order valence-electron chi connectivity index (χ0n) is 12.5. The van der Waals surface area contributed by atoms with Gasteiger partial charge in [0.1, 0.15) is 0 Å². The van der Waals surface area contributed by atoms with E-state index in [1.165, 1.54) is 0 Å². The van der Waals surface area contributed by atoms with E-state index in [1.807, 2.05) is 46.8 Å². The number of hydrogen-bond donors (Lipinski definition) is 1. The van der Waals surface area contributed by atoms with Crippen molar-refractivity contribution < 1.29 is 14.4 Å². The monoisotopic (exact) mass is 263 g/mol. The predicted molar refractivity (Wildman–Crippen MR) is 75.3 cm³/mol. The number of aryl methyl sites for hydroxylation is 1. The molecule has 4 nitrogen and oxygen atoms in total. The maximum Gasteiger partial charge on any atom is 0.514 e. The zero-order chi connectivity index (χ0) is 14.4. The molecule has 1 unspecified atom stereocenters. The molecule has 104 valence electrons. The number of pyridine rings is 1. The van der Waals surface area contributed by atoms with E-state index in [0.717, 1.165) is 11.2 Å². The molecule has 1 saturated heterocycles. The summed E-state index contributed by atoms with van der Waals surface area (Å²) in [7, 11) is -0.483. The Kier molecular flexibility index (Phi) is 3.50. The van der Waals surface area contributed by atoms with Gasteiger partial charge in [-0.3, -0.25) is 4.98 Å². The lowest BCUT2D eigenvalue weighted by Crippen LogP contribution is -2.41. The van der Waals surface area contributed by atoms with Gasteiger partial charge in [-0.25, -0.2) is 0 Å². The smallest absolute Gasteiger partial charge is 0.398 e. The summed E-state index contributed by atoms with van der Waals surface area (Å²) in [6, 6.07) is 3.77. The van der Waals surface area contributed by atoms with E-state index >= 15 is 0 Å². The average Bonchev–Trinajstić information content (AvgIpc) is 2.48. The minimum absolute atomic E-state index is 0.382. The molecule has 1 N–H and O–H groups in total. The summed E-state index contributed by atoms with van der Waals surface area (Å²) >= 11 is 0. The fourth-order valence-corrected chi connectivity index (χ4v) is 1.99. The summed E-state index contributed by atoms with van der Waals surface area (Å²) in [5.74, 6) is 0. The molecule has 0 bridgehead atoms. The first-order valence-corrected chi connectivity index (χ1v) is 6.65. The number of aliphatic hydroxyl groups excluding tert-OH is 1. The van der Waals surface area contributed by atoms with Crippen LogP contribution in [0.3, 0.4) is 0 Å². The van der Waals surface area contributed by atoms with E-state index in [4.69, 9.17) is 9.31 Å². The first kappa shape index (κ1) is 14.5. The predicted octanol–water partition coefficient (Wildman–Crippen LogP) is 1.74. The number of aliphatic hydroxyl groups is 1. The second-order valence-corrected chi connectivity index (χ2v) is 6.20. The van der Waals surface area contributed by atoms with Gasteiger partial charge in [-0.1, -0.05) is 6.07 Å². The topological polar surface area (TPSA) is 51.6 Å². The third kappa shape index (κ3) is 2.55. The molecule has 2 rings (SSSR count). The number of rotatable bonds is 2. The van der Waals surface area contributed by atoms with Crippen LogP contribution in [0.15, 0.2) is 12.1 Å². The van der Waals surface area contributed by atoms with Gasteiger partial charge >= 0.3 is 7.12 Å². The van der Waals surface area contributed by atoms with E-state index < -0.39 is 13.2 Å². The van der Waals surface area contributed by atoms with Crippen LogP contribution in [-0.4, -0.2) is 28.4 Å². The van der Waals surface area contributed by atoms with Crippen molar-refractivity contribution in [1.29, 1.82) is 0 Å². The Hall–Kier alpha value is -0.905. The van der Waals surface area contributed by atoms with Crippen LogP contribution in [0.2, 0.25) is 0 Å². The molecule has 0 aliphatic carbocycles. The Labute approximate surface area is 115 Å². The normalized spacial score (nSPS) is 22.6. The second-order valence-electron chi connectivity index (χ2n) is 6.20. The third-order valence-electron chi connectivity index (χ3n) is 4.06. The summed E-state index contributed by atoms with van der Waals surface area (Å²) in [4.78, 5) is 4.48. The number of nitrogens with zero attached hydrogens (tertiary/aromatic N) is 1. The van der Waals surface area contributed by atoms with Crippen LogP contribution in [0.25, 0.3) is 0 Å². The number of hydrogen-bond acceptors (Lipinski definition) is 4. The van der Waals surface area contributed by atoms with Gasteiger partial charge in [0.05, 0.1) is 28.6 Å². The molecule has 0 radical (unpaired) electrons. The molecule has 0 spiro atoms. The Balaban J connectivity index is 2.36. The third-order valence-corrected chi connectivity index (χ3v) is 4.06. The lowest BCUT2D eigenvalue weighted by Gasteiger charge is -2.32. The first-order valence-electron chi connectivity index (χ1n) is 6.65. The van der Waals surface area contributed by atoms with Crippen LogP contribution >= 0.6 is 0 Å². The highest BCUT2D eigenvalue weighted by Gasteiger charge is 2.52. The summed E-state index contributed by atoms with van der Waals surface area (Å²) in [5.41, 5.74) is 1.62. The average molecular weight is 263 g/mol. The van der Waals surface area contributed by atoms with Crippen LogP contribution in [0.4, 0.5) is 0 Å². The zero-order valence-corrected chi connectivity index (χ0v) is 12.5. The highest BCUT2D eigenvalue weighted by Crippen LogP contribution is 2.36. The van der Waals surface area contributed by atoms with Gasteiger partial charge in [0, 0.05) is 0 Å². The minimum Gasteiger partial charge on any atom is -0.398 e. The number of aromatic nitrogens is 1. The molecular formula is C14H22BNO3. The molecule has 1 aliphatic rings. The van der Waals surface area contributed by atoms with Gasteiger partial charge in [-0.05, 0) is 53.2 Å². The van der Waals surface area contributed by atoms with Crippen LogP contribution in [0.5, 0.6) is 0 Å². The minimum atomic E-state index is -0.596. The molecular weight excluding hydrogens is 241 g/mol. The Morgan fingerprint density at radius 2 is 1.68 bits per heavy atom. The van der Waals surface area contributed by atoms with Crippen molar-refractivity contribution in [2.45, 2.75) is 58.8 Å². The molecule has 1 aromatic rings. The van der Waals surface area contributed by atoms with E-state index in [2.05, 4.69) is 4.98 Å². The molecule has 1 aliphatic heterocycles. The molecule has 19 heavy (non-hydrogen) atoms. The van der Waals surface area contributed by atoms with Crippen molar-refractivity contribution in [3.63, 3.8) is 0 Å². The quantitative estimate of drug-likeness (QED) is 0.826. The van der Waals surface area contributed by atoms with Crippen LogP contribution in [0, 0.1) is 6.92 Å². The fourth-order valence-electron chi connectivity index (χ4n) is 1.99. The van der Waals surface area contributed by atoms with Gasteiger partial charge in [0.15, 0.2) is 0 Å². The van der Waals surface area contributed by atoms with Crippen molar-refractivity contribution >= 4 is 12.7 Å². The van der Waals surface area contributed by atoms with Crippen LogP contribution in [-0.2, 0) is 9.31 Å². The van der Waals surface area contributed by atoms with Crippen LogP contribution < -0.4 is 5.59 Å². The SMILES string of the molecule is Cc1ccc(C(C)O)nc1B1OC(C)(C)C(C)(C)O1. The second kappa shape index (κ2) is 4.58. The molecule has 1 fully saturated rings. The van der Waals surface area contributed by atoms with Crippen molar-refractivity contribution in [2.75, 3.05) is 0 Å². The Bertz CT molecular complexity index is 470. The lowest BCUT2D eigenvalue weighted by atomic mass is 9.81. The van der Waals surface area contributed by atoms with Gasteiger partial charge < -0.3 is 14.4 Å². The van der Waals surface area contributed by atoms with Gasteiger partial charge in [0.2, 0.25) is 0 Å². The van der Waals surface area contributed by atoms with E-state index in [9.17, 15) is 5.11 Å². The van der Waals surface area contributed by atoms with Crippen molar-refractivity contribution in [3.8, 4) is 0 Å². The van der Waals surface area contributed by atoms with Gasteiger partial charge in [0.25, 0.3) is 0 Å². The molecule has 2 heterocycles. The molecule has 1 aromatic heterocycles. The van der Waals surface area contributed by atoms with E-state index in [0.29, 0.717) is 5.69 Å². The summed E-state index contributed by atoms with van der Waals surface area (Å²) < 4.78 is 12.0. The molecule has 0 saturated carbocycles. The molecule has 0 amide bonds. The molecule has 5 heteroatoms. The fraction of sp³-hybridized carbons (Fsp3) is 0.643. The van der Waals surface area contributed by atoms with Crippen molar-refractivity contribution in [3.05, 3.63) is 23.4 Å². The van der Waals surface area contributed by atoms with E-state index in [-0.39, 0.29) is 11.2 Å². The standard InChI is InChI=1S/C14H22BNO3/c1-9-7-8-11(10(2)17)16-12(9)15-18-13(3,4)14(5,6)19-15/h7-8,10,17H,1-6H3. The molecule has 0 aromatic carbocycles. The molecule has 1 atom stereocenters. The largest absolute Gasteiger partial charge is 0.514 e. The van der Waals surface area contributed by atoms with Gasteiger partial charge in [-0.15, -0.1) is 0 Å². The highest BCUT2D eigenvalue weighted by atomic mass is 16.7. The maximum atomic E-state index is 9.64. The first-order chi connectivity index (χ1) is 8.64. The summed E-state index contributed by atoms with van der Waals surface area (Å²) in [5, 5.41) is 9.64. The van der Waals surface area contributed by atoms with Crippen molar-refractivity contribution in [2.24, 2.45) is 0 Å². The maximum absolute atomic E-state index is 9.64. The Morgan fingerprint density at radius 1 is 1.16 bits per heavy atom.